The molecule has 1 saturated heterocycles. The van der Waals surface area contributed by atoms with Crippen LogP contribution in [0.4, 0.5) is 0 Å². The Balaban J connectivity index is 1.56. The Morgan fingerprint density at radius 1 is 1.50 bits per heavy atom. The predicted octanol–water partition coefficient (Wildman–Crippen LogP) is 0.884. The van der Waals surface area contributed by atoms with Crippen LogP contribution in [0, 0.1) is 0 Å². The van der Waals surface area contributed by atoms with Gasteiger partial charge in [0.2, 0.25) is 17.6 Å². The van der Waals surface area contributed by atoms with Crippen LogP contribution < -0.4 is 5.32 Å². The molecule has 2 aromatic rings. The van der Waals surface area contributed by atoms with Crippen molar-refractivity contribution < 1.29 is 9.32 Å². The van der Waals surface area contributed by atoms with Crippen LogP contribution in [0.1, 0.15) is 19.2 Å². The first kappa shape index (κ1) is 14.6. The molecule has 3 rings (SSSR count). The maximum absolute atomic E-state index is 12.2. The SMILES string of the molecule is C[C@@H]1CN(C(=O)CCc2nc(-c3ccccn3)no2)CCN1. The first-order valence-electron chi connectivity index (χ1n) is 7.47. The summed E-state index contributed by atoms with van der Waals surface area (Å²) in [5, 5.41) is 7.23. The van der Waals surface area contributed by atoms with Crippen LogP contribution in [0.5, 0.6) is 0 Å². The summed E-state index contributed by atoms with van der Waals surface area (Å²) in [5.41, 5.74) is 0.666. The van der Waals surface area contributed by atoms with Crippen molar-refractivity contribution in [3.63, 3.8) is 0 Å². The minimum absolute atomic E-state index is 0.130. The Labute approximate surface area is 128 Å². The van der Waals surface area contributed by atoms with Crippen LogP contribution in [-0.2, 0) is 11.2 Å². The molecule has 0 saturated carbocycles. The smallest absolute Gasteiger partial charge is 0.227 e. The van der Waals surface area contributed by atoms with Crippen LogP contribution in [0.25, 0.3) is 11.5 Å². The lowest BCUT2D eigenvalue weighted by Crippen LogP contribution is -2.51. The number of amides is 1. The van der Waals surface area contributed by atoms with E-state index in [9.17, 15) is 4.79 Å². The molecule has 0 radical (unpaired) electrons. The number of hydrogen-bond donors (Lipinski definition) is 1. The molecule has 1 amide bonds. The largest absolute Gasteiger partial charge is 0.340 e. The number of pyridine rings is 1. The molecule has 1 atom stereocenters. The fraction of sp³-hybridized carbons (Fsp3) is 0.467. The predicted molar refractivity (Wildman–Crippen MR) is 79.9 cm³/mol. The molecule has 1 aliphatic rings. The lowest BCUT2D eigenvalue weighted by atomic mass is 10.2. The monoisotopic (exact) mass is 301 g/mol. The van der Waals surface area contributed by atoms with Crippen molar-refractivity contribution in [1.29, 1.82) is 0 Å². The maximum Gasteiger partial charge on any atom is 0.227 e. The summed E-state index contributed by atoms with van der Waals surface area (Å²) in [7, 11) is 0. The molecule has 22 heavy (non-hydrogen) atoms. The van der Waals surface area contributed by atoms with Gasteiger partial charge in [0.1, 0.15) is 5.69 Å². The highest BCUT2D eigenvalue weighted by Crippen LogP contribution is 2.13. The van der Waals surface area contributed by atoms with E-state index in [1.165, 1.54) is 0 Å². The zero-order chi connectivity index (χ0) is 15.4. The highest BCUT2D eigenvalue weighted by molar-refractivity contribution is 5.76. The number of aromatic nitrogens is 3. The van der Waals surface area contributed by atoms with E-state index in [-0.39, 0.29) is 5.91 Å². The van der Waals surface area contributed by atoms with E-state index < -0.39 is 0 Å². The van der Waals surface area contributed by atoms with Gasteiger partial charge in [-0.05, 0) is 19.1 Å². The Hall–Kier alpha value is -2.28. The number of aryl methyl sites for hydroxylation is 1. The molecule has 1 fully saturated rings. The topological polar surface area (TPSA) is 84.2 Å². The van der Waals surface area contributed by atoms with Crippen molar-refractivity contribution >= 4 is 5.91 Å². The van der Waals surface area contributed by atoms with E-state index in [1.54, 1.807) is 6.20 Å². The van der Waals surface area contributed by atoms with Gasteiger partial charge >= 0.3 is 0 Å². The number of nitrogens with one attached hydrogen (secondary N) is 1. The molecule has 0 aliphatic carbocycles. The molecular weight excluding hydrogens is 282 g/mol. The zero-order valence-electron chi connectivity index (χ0n) is 12.5. The van der Waals surface area contributed by atoms with E-state index in [2.05, 4.69) is 27.4 Å². The van der Waals surface area contributed by atoms with Crippen molar-refractivity contribution in [2.75, 3.05) is 19.6 Å². The van der Waals surface area contributed by atoms with Gasteiger partial charge in [-0.25, -0.2) is 0 Å². The third kappa shape index (κ3) is 3.48. The number of carbonyl (C=O) groups excluding carboxylic acids is 1. The van der Waals surface area contributed by atoms with Crippen LogP contribution in [0.15, 0.2) is 28.9 Å². The van der Waals surface area contributed by atoms with Crippen LogP contribution in [-0.4, -0.2) is 51.6 Å². The van der Waals surface area contributed by atoms with E-state index in [0.717, 1.165) is 19.6 Å². The number of carbonyl (C=O) groups is 1. The van der Waals surface area contributed by atoms with Gasteiger partial charge < -0.3 is 14.7 Å². The van der Waals surface area contributed by atoms with E-state index >= 15 is 0 Å². The Morgan fingerprint density at radius 2 is 2.41 bits per heavy atom. The molecule has 3 heterocycles. The number of nitrogens with zero attached hydrogens (tertiary/aromatic N) is 4. The van der Waals surface area contributed by atoms with Crippen molar-refractivity contribution in [3.8, 4) is 11.5 Å². The number of hydrogen-bond acceptors (Lipinski definition) is 6. The normalized spacial score (nSPS) is 18.4. The molecule has 0 spiro atoms. The van der Waals surface area contributed by atoms with Crippen molar-refractivity contribution in [3.05, 3.63) is 30.3 Å². The van der Waals surface area contributed by atoms with Crippen LogP contribution in [0.2, 0.25) is 0 Å². The van der Waals surface area contributed by atoms with Crippen molar-refractivity contribution in [2.45, 2.75) is 25.8 Å². The fourth-order valence-corrected chi connectivity index (χ4v) is 2.49. The number of piperazine rings is 1. The molecule has 0 unspecified atom stereocenters. The van der Waals surface area contributed by atoms with Gasteiger partial charge in [-0.1, -0.05) is 11.2 Å². The second-order valence-electron chi connectivity index (χ2n) is 5.42. The van der Waals surface area contributed by atoms with Gasteiger partial charge in [0, 0.05) is 44.7 Å². The first-order valence-corrected chi connectivity index (χ1v) is 7.47. The summed E-state index contributed by atoms with van der Waals surface area (Å²) in [5.74, 6) is 1.06. The zero-order valence-corrected chi connectivity index (χ0v) is 12.5. The summed E-state index contributed by atoms with van der Waals surface area (Å²) >= 11 is 0. The first-order chi connectivity index (χ1) is 10.7. The third-order valence-electron chi connectivity index (χ3n) is 3.64. The van der Waals surface area contributed by atoms with Crippen LogP contribution in [0.3, 0.4) is 0 Å². The molecule has 0 aromatic carbocycles. The highest BCUT2D eigenvalue weighted by atomic mass is 16.5. The molecule has 1 aliphatic heterocycles. The van der Waals surface area contributed by atoms with Gasteiger partial charge in [0.05, 0.1) is 0 Å². The molecule has 0 bridgehead atoms. The second-order valence-corrected chi connectivity index (χ2v) is 5.42. The highest BCUT2D eigenvalue weighted by Gasteiger charge is 2.21. The average Bonchev–Trinajstić information content (AvgIpc) is 3.02. The summed E-state index contributed by atoms with van der Waals surface area (Å²) < 4.78 is 5.19. The Morgan fingerprint density at radius 3 is 3.18 bits per heavy atom. The minimum Gasteiger partial charge on any atom is -0.340 e. The van der Waals surface area contributed by atoms with Gasteiger partial charge in [0.15, 0.2) is 0 Å². The van der Waals surface area contributed by atoms with Crippen molar-refractivity contribution in [1.82, 2.24) is 25.3 Å². The van der Waals surface area contributed by atoms with Gasteiger partial charge in [-0.3, -0.25) is 9.78 Å². The van der Waals surface area contributed by atoms with Gasteiger partial charge in [-0.15, -0.1) is 0 Å². The number of rotatable bonds is 4. The lowest BCUT2D eigenvalue weighted by molar-refractivity contribution is -0.132. The molecular formula is C15H19N5O2. The second kappa shape index (κ2) is 6.65. The molecule has 7 nitrogen and oxygen atoms in total. The average molecular weight is 301 g/mol. The molecule has 2 aromatic heterocycles. The van der Waals surface area contributed by atoms with Crippen LogP contribution >= 0.6 is 0 Å². The lowest BCUT2D eigenvalue weighted by Gasteiger charge is -2.31. The van der Waals surface area contributed by atoms with Crippen molar-refractivity contribution in [2.24, 2.45) is 0 Å². The summed E-state index contributed by atoms with van der Waals surface area (Å²) in [6, 6.07) is 5.87. The third-order valence-corrected chi connectivity index (χ3v) is 3.64. The molecule has 1 N–H and O–H groups in total. The molecule has 116 valence electrons. The maximum atomic E-state index is 12.2. The quantitative estimate of drug-likeness (QED) is 0.902. The van der Waals surface area contributed by atoms with Gasteiger partial charge in [-0.2, -0.15) is 4.98 Å². The summed E-state index contributed by atoms with van der Waals surface area (Å²) in [4.78, 5) is 22.5. The standard InChI is InChI=1S/C15H19N5O2/c1-11-10-20(9-8-16-11)14(21)6-5-13-18-15(19-22-13)12-4-2-3-7-17-12/h2-4,7,11,16H,5-6,8-10H2,1H3/t11-/m1/s1. The molecule has 7 heteroatoms. The van der Waals surface area contributed by atoms with Gasteiger partial charge in [0.25, 0.3) is 0 Å². The minimum atomic E-state index is 0.130. The fourth-order valence-electron chi connectivity index (χ4n) is 2.49. The summed E-state index contributed by atoms with van der Waals surface area (Å²) in [6.07, 6.45) is 2.52. The Bertz CT molecular complexity index is 628. The Kier molecular flexibility index (Phi) is 4.43. The van der Waals surface area contributed by atoms with E-state index in [0.29, 0.717) is 36.3 Å². The van der Waals surface area contributed by atoms with E-state index in [1.807, 2.05) is 23.1 Å². The summed E-state index contributed by atoms with van der Waals surface area (Å²) in [6.45, 7) is 4.43. The van der Waals surface area contributed by atoms with E-state index in [4.69, 9.17) is 4.52 Å².